The molecular formula is C36H45FN4O5S. The number of aliphatic imine (C=N–C) groups is 1. The number of amides is 3. The summed E-state index contributed by atoms with van der Waals surface area (Å²) in [6.45, 7) is 15.1. The van der Waals surface area contributed by atoms with Gasteiger partial charge in [-0.05, 0) is 74.7 Å². The second-order valence-corrected chi connectivity index (χ2v) is 10.5. The van der Waals surface area contributed by atoms with E-state index in [0.717, 1.165) is 0 Å². The molecule has 11 heteroatoms. The first kappa shape index (κ1) is 40.1. The zero-order valence-electron chi connectivity index (χ0n) is 27.8. The predicted molar refractivity (Wildman–Crippen MR) is 190 cm³/mol. The molecule has 1 aliphatic rings. The van der Waals surface area contributed by atoms with Crippen molar-refractivity contribution in [3.05, 3.63) is 126 Å². The van der Waals surface area contributed by atoms with Gasteiger partial charge < -0.3 is 20.2 Å². The fraction of sp³-hybridized carbons (Fsp3) is 0.278. The number of aryl methyl sites for hydroxylation is 1. The average molecular weight is 665 g/mol. The molecule has 1 fully saturated rings. The van der Waals surface area contributed by atoms with Crippen molar-refractivity contribution in [1.29, 1.82) is 0 Å². The van der Waals surface area contributed by atoms with Gasteiger partial charge in [0, 0.05) is 6.20 Å². The van der Waals surface area contributed by atoms with Crippen LogP contribution in [-0.2, 0) is 22.6 Å². The normalized spacial score (nSPS) is 15.9. The fourth-order valence-electron chi connectivity index (χ4n) is 3.90. The number of hydrogen-bond donors (Lipinski definition) is 3. The van der Waals surface area contributed by atoms with Gasteiger partial charge in [0.1, 0.15) is 23.4 Å². The Hall–Kier alpha value is -4.90. The number of rotatable bonds is 12. The standard InChI is InChI=1S/C26H27FN4O5S.C8H12.C2H6/c1-3-7-18(8-5-12-28-22(32)15-29-26(34)35)23-24(33)31(16-20-9-6-13-36-20)25(37-23)30-19-10-11-21(27)17(4-2)14-19;1-4-6-8(3)7-5-2;1-2/h3,5-14,23,29H,4,15-16H2,1-2H3,(H,28,32)(H,34,35);4-7H,1H2,2-3H3;1-2H3/b7-3-,12-5+,18-8+,30-25?;7-5-,8-6-;. The molecule has 0 radical (unpaired) electrons. The summed E-state index contributed by atoms with van der Waals surface area (Å²) in [5, 5.41) is 12.8. The van der Waals surface area contributed by atoms with Crippen molar-refractivity contribution in [3.63, 3.8) is 0 Å². The lowest BCUT2D eigenvalue weighted by molar-refractivity contribution is -0.126. The summed E-state index contributed by atoms with van der Waals surface area (Å²) in [4.78, 5) is 41.9. The van der Waals surface area contributed by atoms with Crippen molar-refractivity contribution in [2.45, 2.75) is 59.8 Å². The highest BCUT2D eigenvalue weighted by Gasteiger charge is 2.39. The quantitative estimate of drug-likeness (QED) is 0.196. The van der Waals surface area contributed by atoms with Crippen LogP contribution in [0, 0.1) is 5.82 Å². The Morgan fingerprint density at radius 3 is 2.49 bits per heavy atom. The third-order valence-corrected chi connectivity index (χ3v) is 7.21. The number of hydrogen-bond acceptors (Lipinski definition) is 6. The highest BCUT2D eigenvalue weighted by Crippen LogP contribution is 2.36. The molecule has 1 saturated heterocycles. The largest absolute Gasteiger partial charge is 0.467 e. The molecule has 1 atom stereocenters. The van der Waals surface area contributed by atoms with E-state index in [9.17, 15) is 18.8 Å². The Bertz CT molecular complexity index is 1510. The molecule has 1 unspecified atom stereocenters. The number of carbonyl (C=O) groups is 3. The summed E-state index contributed by atoms with van der Waals surface area (Å²) < 4.78 is 19.4. The van der Waals surface area contributed by atoms with Crippen molar-refractivity contribution in [2.24, 2.45) is 4.99 Å². The van der Waals surface area contributed by atoms with E-state index in [1.165, 1.54) is 40.8 Å². The molecule has 0 aliphatic carbocycles. The number of halogens is 1. The van der Waals surface area contributed by atoms with E-state index in [1.807, 2.05) is 65.1 Å². The van der Waals surface area contributed by atoms with Gasteiger partial charge in [-0.2, -0.15) is 0 Å². The Morgan fingerprint density at radius 1 is 1.17 bits per heavy atom. The van der Waals surface area contributed by atoms with Crippen LogP contribution in [0.15, 0.2) is 119 Å². The first-order valence-electron chi connectivity index (χ1n) is 15.2. The number of benzene rings is 1. The second-order valence-electron chi connectivity index (χ2n) is 9.42. The minimum Gasteiger partial charge on any atom is -0.467 e. The second kappa shape index (κ2) is 22.6. The summed E-state index contributed by atoms with van der Waals surface area (Å²) in [6, 6.07) is 8.10. The number of carbonyl (C=O) groups excluding carboxylic acids is 2. The molecule has 1 aromatic carbocycles. The maximum atomic E-state index is 14.0. The van der Waals surface area contributed by atoms with Crippen molar-refractivity contribution >= 4 is 40.5 Å². The van der Waals surface area contributed by atoms with Gasteiger partial charge in [-0.15, -0.1) is 0 Å². The monoisotopic (exact) mass is 664 g/mol. The molecule has 1 aromatic heterocycles. The van der Waals surface area contributed by atoms with Crippen LogP contribution in [0.1, 0.15) is 52.9 Å². The number of nitrogens with one attached hydrogen (secondary N) is 2. The fourth-order valence-corrected chi connectivity index (χ4v) is 5.07. The summed E-state index contributed by atoms with van der Waals surface area (Å²) in [7, 11) is 0. The van der Waals surface area contributed by atoms with E-state index >= 15 is 0 Å². The average Bonchev–Trinajstić information content (AvgIpc) is 3.68. The number of nitrogens with zero attached hydrogens (tertiary/aromatic N) is 2. The third kappa shape index (κ3) is 14.4. The highest BCUT2D eigenvalue weighted by atomic mass is 32.2. The lowest BCUT2D eigenvalue weighted by atomic mass is 10.1. The summed E-state index contributed by atoms with van der Waals surface area (Å²) in [5.74, 6) is -0.450. The van der Waals surface area contributed by atoms with Crippen LogP contribution in [-0.4, -0.2) is 44.9 Å². The van der Waals surface area contributed by atoms with Crippen LogP contribution in [0.2, 0.25) is 0 Å². The van der Waals surface area contributed by atoms with Gasteiger partial charge in [-0.1, -0.05) is 87.2 Å². The molecule has 2 heterocycles. The maximum absolute atomic E-state index is 14.0. The van der Waals surface area contributed by atoms with Crippen molar-refractivity contribution in [1.82, 2.24) is 15.5 Å². The van der Waals surface area contributed by atoms with Gasteiger partial charge in [-0.3, -0.25) is 14.5 Å². The van der Waals surface area contributed by atoms with Crippen LogP contribution in [0.25, 0.3) is 0 Å². The Balaban J connectivity index is 0.000000964. The van der Waals surface area contributed by atoms with Crippen molar-refractivity contribution in [2.75, 3.05) is 6.54 Å². The Kier molecular flexibility index (Phi) is 19.3. The van der Waals surface area contributed by atoms with Crippen molar-refractivity contribution in [3.8, 4) is 0 Å². The number of carboxylic acid groups (broad SMARTS) is 1. The molecule has 9 nitrogen and oxygen atoms in total. The molecule has 3 rings (SSSR count). The number of amidine groups is 1. The summed E-state index contributed by atoms with van der Waals surface area (Å²) in [5.41, 5.74) is 2.97. The van der Waals surface area contributed by atoms with Crippen molar-refractivity contribution < 1.29 is 28.3 Å². The van der Waals surface area contributed by atoms with E-state index in [-0.39, 0.29) is 24.8 Å². The summed E-state index contributed by atoms with van der Waals surface area (Å²) >= 11 is 1.26. The van der Waals surface area contributed by atoms with Gasteiger partial charge in [0.2, 0.25) is 11.8 Å². The zero-order chi connectivity index (χ0) is 35.2. The molecule has 0 saturated carbocycles. The van der Waals surface area contributed by atoms with E-state index in [0.29, 0.717) is 34.2 Å². The zero-order valence-corrected chi connectivity index (χ0v) is 28.6. The first-order valence-corrected chi connectivity index (χ1v) is 16.1. The molecule has 252 valence electrons. The highest BCUT2D eigenvalue weighted by molar-refractivity contribution is 8.15. The van der Waals surface area contributed by atoms with E-state index in [1.54, 1.807) is 54.6 Å². The minimum absolute atomic E-state index is 0.182. The van der Waals surface area contributed by atoms with Crippen LogP contribution in [0.4, 0.5) is 14.9 Å². The number of furan rings is 1. The van der Waals surface area contributed by atoms with Crippen LogP contribution in [0.3, 0.4) is 0 Å². The van der Waals surface area contributed by atoms with Gasteiger partial charge in [0.15, 0.2) is 5.17 Å². The molecule has 1 aliphatic heterocycles. The van der Waals surface area contributed by atoms with Gasteiger partial charge >= 0.3 is 6.09 Å². The SMILES string of the molecule is C=C/C=C(C)\C=C/C.CC.C\C=C/C(=C\C=C\NC(=O)CNC(=O)O)C1SC(=Nc2ccc(F)c(CC)c2)N(Cc2ccco2)C1=O. The van der Waals surface area contributed by atoms with Gasteiger partial charge in [0.05, 0.1) is 18.5 Å². The third-order valence-electron chi connectivity index (χ3n) is 5.98. The first-order chi connectivity index (χ1) is 22.6. The van der Waals surface area contributed by atoms with Crippen LogP contribution >= 0.6 is 11.8 Å². The molecule has 3 N–H and O–H groups in total. The number of allylic oxidation sites excluding steroid dienone is 9. The molecule has 2 aromatic rings. The molecule has 0 spiro atoms. The van der Waals surface area contributed by atoms with Crippen LogP contribution in [0.5, 0.6) is 0 Å². The van der Waals surface area contributed by atoms with Crippen LogP contribution < -0.4 is 10.6 Å². The lowest BCUT2D eigenvalue weighted by Gasteiger charge is -2.15. The minimum atomic E-state index is -1.30. The van der Waals surface area contributed by atoms with E-state index in [4.69, 9.17) is 9.52 Å². The molecule has 3 amide bonds. The smallest absolute Gasteiger partial charge is 0.405 e. The maximum Gasteiger partial charge on any atom is 0.405 e. The van der Waals surface area contributed by atoms with Gasteiger partial charge in [-0.25, -0.2) is 14.2 Å². The van der Waals surface area contributed by atoms with Gasteiger partial charge in [0.25, 0.3) is 0 Å². The van der Waals surface area contributed by atoms with E-state index in [2.05, 4.69) is 16.9 Å². The Labute approximate surface area is 281 Å². The lowest BCUT2D eigenvalue weighted by Crippen LogP contribution is -2.33. The molecular weight excluding hydrogens is 619 g/mol. The van der Waals surface area contributed by atoms with E-state index < -0.39 is 17.3 Å². The summed E-state index contributed by atoms with van der Waals surface area (Å²) in [6.07, 6.45) is 16.7. The topological polar surface area (TPSA) is 124 Å². The number of thioether (sulfide) groups is 1. The predicted octanol–water partition coefficient (Wildman–Crippen LogP) is 8.23. The Morgan fingerprint density at radius 2 is 1.89 bits per heavy atom. The molecule has 0 bridgehead atoms. The molecule has 47 heavy (non-hydrogen) atoms.